The summed E-state index contributed by atoms with van der Waals surface area (Å²) in [6.45, 7) is 18.4. The number of alkyl halides is 3. The van der Waals surface area contributed by atoms with E-state index in [2.05, 4.69) is 33.8 Å². The molecule has 0 amide bonds. The molecule has 0 nitrogen and oxygen atoms in total. The summed E-state index contributed by atoms with van der Waals surface area (Å²) in [6.07, 6.45) is -4.39. The minimum absolute atomic E-state index is 0.0400. The molecule has 29 heavy (non-hydrogen) atoms. The molecule has 0 unspecified atom stereocenters. The van der Waals surface area contributed by atoms with Gasteiger partial charge in [0.1, 0.15) is 0 Å². The van der Waals surface area contributed by atoms with Gasteiger partial charge < -0.3 is 0 Å². The van der Waals surface area contributed by atoms with Crippen molar-refractivity contribution in [3.63, 3.8) is 0 Å². The van der Waals surface area contributed by atoms with Gasteiger partial charge in [-0.2, -0.15) is 13.2 Å². The summed E-state index contributed by atoms with van der Waals surface area (Å²) in [5, 5.41) is 0. The first-order chi connectivity index (χ1) is 13.3. The minimum atomic E-state index is -4.39. The average molecular weight is 405 g/mol. The lowest BCUT2D eigenvalue weighted by Gasteiger charge is -2.25. The first-order valence-electron chi connectivity index (χ1n) is 10.6. The van der Waals surface area contributed by atoms with E-state index < -0.39 is 11.7 Å². The third-order valence-corrected chi connectivity index (χ3v) is 5.74. The third-order valence-electron chi connectivity index (χ3n) is 5.74. The Morgan fingerprint density at radius 1 is 0.552 bits per heavy atom. The Balaban J connectivity index is 2.93. The number of benzene rings is 2. The number of halogens is 3. The van der Waals surface area contributed by atoms with Crippen LogP contribution in [0.2, 0.25) is 0 Å². The molecule has 0 aromatic heterocycles. The van der Waals surface area contributed by atoms with Crippen LogP contribution in [0.15, 0.2) is 24.3 Å². The minimum Gasteiger partial charge on any atom is -0.166 e. The van der Waals surface area contributed by atoms with Crippen LogP contribution in [0, 0.1) is 6.92 Å². The average Bonchev–Trinajstić information content (AvgIpc) is 2.58. The fraction of sp³-hybridized carbons (Fsp3) is 0.538. The lowest BCUT2D eigenvalue weighted by molar-refractivity contribution is -0.137. The molecular weight excluding hydrogens is 369 g/mol. The van der Waals surface area contributed by atoms with Gasteiger partial charge in [0, 0.05) is 0 Å². The summed E-state index contributed by atoms with van der Waals surface area (Å²) in [7, 11) is 0. The maximum atomic E-state index is 14.1. The Hall–Kier alpha value is -1.77. The molecule has 2 rings (SSSR count). The lowest BCUT2D eigenvalue weighted by atomic mass is 9.81. The molecule has 0 saturated heterocycles. The molecule has 0 heterocycles. The van der Waals surface area contributed by atoms with Crippen molar-refractivity contribution >= 4 is 0 Å². The second-order valence-corrected chi connectivity index (χ2v) is 9.44. The smallest absolute Gasteiger partial charge is 0.166 e. The highest BCUT2D eigenvalue weighted by Gasteiger charge is 2.35. The van der Waals surface area contributed by atoms with Gasteiger partial charge in [-0.3, -0.25) is 0 Å². The summed E-state index contributed by atoms with van der Waals surface area (Å²) in [5.41, 5.74) is 5.52. The molecule has 0 aliphatic carbocycles. The van der Waals surface area contributed by atoms with E-state index >= 15 is 0 Å². The lowest BCUT2D eigenvalue weighted by Crippen LogP contribution is -2.12. The van der Waals surface area contributed by atoms with Gasteiger partial charge in [-0.15, -0.1) is 0 Å². The fourth-order valence-corrected chi connectivity index (χ4v) is 4.13. The van der Waals surface area contributed by atoms with Gasteiger partial charge in [-0.25, -0.2) is 0 Å². The Morgan fingerprint density at radius 2 is 0.897 bits per heavy atom. The van der Waals surface area contributed by atoms with Crippen molar-refractivity contribution < 1.29 is 13.2 Å². The largest absolute Gasteiger partial charge is 0.417 e. The summed E-state index contributed by atoms with van der Waals surface area (Å²) in [4.78, 5) is 0. The van der Waals surface area contributed by atoms with E-state index in [0.29, 0.717) is 17.0 Å². The van der Waals surface area contributed by atoms with Gasteiger partial charge in [-0.1, -0.05) is 67.5 Å². The maximum absolute atomic E-state index is 14.1. The topological polar surface area (TPSA) is 0 Å². The van der Waals surface area contributed by atoms with Crippen molar-refractivity contribution in [3.8, 4) is 11.1 Å². The van der Waals surface area contributed by atoms with Crippen molar-refractivity contribution in [1.82, 2.24) is 0 Å². The van der Waals surface area contributed by atoms with Crippen LogP contribution < -0.4 is 0 Å². The maximum Gasteiger partial charge on any atom is 0.417 e. The number of hydrogen-bond donors (Lipinski definition) is 0. The molecule has 2 aromatic rings. The highest BCUT2D eigenvalue weighted by atomic mass is 19.4. The van der Waals surface area contributed by atoms with E-state index in [1.54, 1.807) is 6.07 Å². The SMILES string of the molecule is Cc1cc(C(C)C)c(C(C)C)cc1-c1cc(C(C)C)c(C(C)C)cc1C(F)(F)F. The van der Waals surface area contributed by atoms with Crippen LogP contribution in [0.1, 0.15) is 112 Å². The molecule has 0 radical (unpaired) electrons. The number of rotatable bonds is 5. The summed E-state index contributed by atoms with van der Waals surface area (Å²) < 4.78 is 42.3. The third kappa shape index (κ3) is 4.87. The van der Waals surface area contributed by atoms with E-state index in [-0.39, 0.29) is 17.8 Å². The van der Waals surface area contributed by atoms with Gasteiger partial charge in [-0.05, 0) is 81.7 Å². The molecule has 0 N–H and O–H groups in total. The summed E-state index contributed by atoms with van der Waals surface area (Å²) >= 11 is 0. The van der Waals surface area contributed by atoms with Crippen LogP contribution in [0.5, 0.6) is 0 Å². The van der Waals surface area contributed by atoms with Crippen LogP contribution in [-0.2, 0) is 6.18 Å². The Kier molecular flexibility index (Phi) is 6.92. The first-order valence-corrected chi connectivity index (χ1v) is 10.6. The van der Waals surface area contributed by atoms with Gasteiger partial charge in [0.05, 0.1) is 5.56 Å². The second-order valence-electron chi connectivity index (χ2n) is 9.44. The van der Waals surface area contributed by atoms with Crippen molar-refractivity contribution in [2.24, 2.45) is 0 Å². The van der Waals surface area contributed by atoms with Gasteiger partial charge in [0.25, 0.3) is 0 Å². The summed E-state index contributed by atoms with van der Waals surface area (Å²) in [6, 6.07) is 7.27. The quantitative estimate of drug-likeness (QED) is 0.466. The van der Waals surface area contributed by atoms with Crippen molar-refractivity contribution in [1.29, 1.82) is 0 Å². The predicted octanol–water partition coefficient (Wildman–Crippen LogP) is 9.17. The van der Waals surface area contributed by atoms with Crippen molar-refractivity contribution in [3.05, 3.63) is 57.6 Å². The molecule has 160 valence electrons. The first kappa shape index (κ1) is 23.5. The number of hydrogen-bond acceptors (Lipinski definition) is 0. The van der Waals surface area contributed by atoms with E-state index in [4.69, 9.17) is 0 Å². The molecule has 0 bridgehead atoms. The molecule has 0 atom stereocenters. The van der Waals surface area contributed by atoms with E-state index in [1.165, 1.54) is 11.6 Å². The van der Waals surface area contributed by atoms with Crippen LogP contribution in [0.4, 0.5) is 13.2 Å². The fourth-order valence-electron chi connectivity index (χ4n) is 4.13. The molecule has 3 heteroatoms. The standard InChI is InChI=1S/C26H35F3/c1-14(2)19-10-18(9)23(11-20(19)15(3)4)24-12-21(16(5)6)22(17(7)8)13-25(24)26(27,28)29/h10-17H,1-9H3. The van der Waals surface area contributed by atoms with E-state index in [9.17, 15) is 13.2 Å². The summed E-state index contributed by atoms with van der Waals surface area (Å²) in [5.74, 6) is 0.781. The predicted molar refractivity (Wildman–Crippen MR) is 118 cm³/mol. The van der Waals surface area contributed by atoms with Crippen molar-refractivity contribution in [2.75, 3.05) is 0 Å². The molecule has 0 saturated carbocycles. The Labute approximate surface area is 174 Å². The monoisotopic (exact) mass is 404 g/mol. The van der Waals surface area contributed by atoms with Crippen LogP contribution in [-0.4, -0.2) is 0 Å². The van der Waals surface area contributed by atoms with Crippen LogP contribution in [0.3, 0.4) is 0 Å². The molecule has 0 spiro atoms. The van der Waals surface area contributed by atoms with Crippen LogP contribution in [0.25, 0.3) is 11.1 Å². The van der Waals surface area contributed by atoms with Gasteiger partial charge in [0.15, 0.2) is 0 Å². The zero-order chi connectivity index (χ0) is 22.3. The Bertz CT molecular complexity index is 868. The zero-order valence-electron chi connectivity index (χ0n) is 19.3. The highest BCUT2D eigenvalue weighted by Crippen LogP contribution is 2.44. The van der Waals surface area contributed by atoms with E-state index in [0.717, 1.165) is 22.3 Å². The molecule has 0 aliphatic heterocycles. The molecular formula is C26H35F3. The van der Waals surface area contributed by atoms with E-state index in [1.807, 2.05) is 40.7 Å². The molecule has 0 fully saturated rings. The van der Waals surface area contributed by atoms with Crippen LogP contribution >= 0.6 is 0 Å². The Morgan fingerprint density at radius 3 is 1.28 bits per heavy atom. The molecule has 2 aromatic carbocycles. The highest BCUT2D eigenvalue weighted by molar-refractivity contribution is 5.74. The van der Waals surface area contributed by atoms with Gasteiger partial charge >= 0.3 is 6.18 Å². The molecule has 0 aliphatic rings. The number of aryl methyl sites for hydroxylation is 1. The van der Waals surface area contributed by atoms with Gasteiger partial charge in [0.2, 0.25) is 0 Å². The normalized spacial score (nSPS) is 12.7. The second kappa shape index (κ2) is 8.53. The van der Waals surface area contributed by atoms with Crippen molar-refractivity contribution in [2.45, 2.75) is 92.2 Å². The zero-order valence-corrected chi connectivity index (χ0v) is 19.3.